The predicted octanol–water partition coefficient (Wildman–Crippen LogP) is 3.23. The zero-order valence-corrected chi connectivity index (χ0v) is 14.3. The summed E-state index contributed by atoms with van der Waals surface area (Å²) >= 11 is 6.46. The Balaban J connectivity index is 2.16. The van der Waals surface area contributed by atoms with Gasteiger partial charge in [0.1, 0.15) is 5.75 Å². The number of benzene rings is 1. The molecule has 1 aliphatic carbocycles. The van der Waals surface area contributed by atoms with Gasteiger partial charge < -0.3 is 18.9 Å². The van der Waals surface area contributed by atoms with E-state index in [0.717, 1.165) is 11.1 Å². The molecule has 1 aromatic carbocycles. The highest BCUT2D eigenvalue weighted by Gasteiger charge is 2.52. The van der Waals surface area contributed by atoms with Crippen LogP contribution >= 0.6 is 11.6 Å². The van der Waals surface area contributed by atoms with Crippen LogP contribution in [0.1, 0.15) is 37.3 Å². The third-order valence-electron chi connectivity index (χ3n) is 4.65. The molecule has 0 N–H and O–H groups in total. The van der Waals surface area contributed by atoms with E-state index in [1.807, 2.05) is 13.0 Å². The van der Waals surface area contributed by atoms with E-state index in [1.165, 1.54) is 0 Å². The van der Waals surface area contributed by atoms with Crippen molar-refractivity contribution in [3.05, 3.63) is 28.3 Å². The number of hydrogen-bond donors (Lipinski definition) is 0. The fourth-order valence-corrected chi connectivity index (χ4v) is 3.94. The average Bonchev–Trinajstić information content (AvgIpc) is 3.00. The number of carbonyl (C=O) groups is 1. The van der Waals surface area contributed by atoms with Crippen molar-refractivity contribution in [2.24, 2.45) is 5.92 Å². The van der Waals surface area contributed by atoms with Crippen LogP contribution in [0.3, 0.4) is 0 Å². The van der Waals surface area contributed by atoms with Crippen molar-refractivity contribution in [3.8, 4) is 5.75 Å². The molecule has 1 aliphatic heterocycles. The van der Waals surface area contributed by atoms with Gasteiger partial charge >= 0.3 is 5.97 Å². The molecule has 23 heavy (non-hydrogen) atoms. The first kappa shape index (κ1) is 16.6. The Labute approximate surface area is 140 Å². The van der Waals surface area contributed by atoms with Gasteiger partial charge in [0.25, 0.3) is 0 Å². The molecule has 1 fully saturated rings. The van der Waals surface area contributed by atoms with Crippen molar-refractivity contribution in [3.63, 3.8) is 0 Å². The maximum Gasteiger partial charge on any atom is 0.309 e. The zero-order valence-electron chi connectivity index (χ0n) is 13.6. The van der Waals surface area contributed by atoms with Crippen molar-refractivity contribution in [2.45, 2.75) is 32.0 Å². The first-order valence-corrected chi connectivity index (χ1v) is 8.23. The number of carbonyl (C=O) groups excluding carboxylic acids is 1. The average molecular weight is 341 g/mol. The standard InChI is InChI=1S/C17H21ClO5/c1-4-21-16(19)11-9-17(22-7-8-23-17)15-13(20-3)6-5-12(18)14(15)10(11)2/h5-6,10-11H,4,7-9H2,1-3H3/t10-,11+/m0/s1. The molecular formula is C17H21ClO5. The molecule has 1 aromatic rings. The van der Waals surface area contributed by atoms with Crippen molar-refractivity contribution >= 4 is 17.6 Å². The van der Waals surface area contributed by atoms with Crippen LogP contribution in [-0.4, -0.2) is 32.9 Å². The van der Waals surface area contributed by atoms with E-state index in [2.05, 4.69) is 0 Å². The Kier molecular flexibility index (Phi) is 4.54. The van der Waals surface area contributed by atoms with Crippen LogP contribution in [-0.2, 0) is 24.8 Å². The Hall–Kier alpha value is -1.30. The molecular weight excluding hydrogens is 320 g/mol. The van der Waals surface area contributed by atoms with Crippen molar-refractivity contribution < 1.29 is 23.7 Å². The fourth-order valence-electron chi connectivity index (χ4n) is 3.61. The minimum atomic E-state index is -0.991. The number of hydrogen-bond acceptors (Lipinski definition) is 5. The van der Waals surface area contributed by atoms with Gasteiger partial charge in [-0.2, -0.15) is 0 Å². The lowest BCUT2D eigenvalue weighted by Gasteiger charge is -2.41. The molecule has 3 rings (SSSR count). The van der Waals surface area contributed by atoms with Gasteiger partial charge in [-0.05, 0) is 30.5 Å². The minimum Gasteiger partial charge on any atom is -0.496 e. The Morgan fingerprint density at radius 2 is 2.09 bits per heavy atom. The molecule has 2 aliphatic rings. The van der Waals surface area contributed by atoms with Crippen molar-refractivity contribution in [1.29, 1.82) is 0 Å². The monoisotopic (exact) mass is 340 g/mol. The largest absolute Gasteiger partial charge is 0.496 e. The smallest absolute Gasteiger partial charge is 0.309 e. The van der Waals surface area contributed by atoms with E-state index in [0.29, 0.717) is 37.0 Å². The molecule has 0 bridgehead atoms. The lowest BCUT2D eigenvalue weighted by Crippen LogP contribution is -2.41. The quantitative estimate of drug-likeness (QED) is 0.791. The molecule has 0 unspecified atom stereocenters. The molecule has 5 nitrogen and oxygen atoms in total. The second-order valence-electron chi connectivity index (χ2n) is 5.84. The van der Waals surface area contributed by atoms with E-state index >= 15 is 0 Å². The van der Waals surface area contributed by atoms with E-state index in [9.17, 15) is 4.79 Å². The Morgan fingerprint density at radius 3 is 2.70 bits per heavy atom. The predicted molar refractivity (Wildman–Crippen MR) is 84.7 cm³/mol. The van der Waals surface area contributed by atoms with Crippen molar-refractivity contribution in [2.75, 3.05) is 26.9 Å². The minimum absolute atomic E-state index is 0.106. The number of ether oxygens (including phenoxy) is 4. The Bertz CT molecular complexity index is 609. The normalized spacial score (nSPS) is 25.2. The molecule has 1 heterocycles. The number of halogens is 1. The summed E-state index contributed by atoms with van der Waals surface area (Å²) in [6.45, 7) is 5.06. The highest BCUT2D eigenvalue weighted by Crippen LogP contribution is 2.54. The van der Waals surface area contributed by atoms with Crippen LogP contribution < -0.4 is 4.74 Å². The summed E-state index contributed by atoms with van der Waals surface area (Å²) in [5, 5.41) is 0.584. The van der Waals surface area contributed by atoms with E-state index < -0.39 is 5.79 Å². The molecule has 2 atom stereocenters. The van der Waals surface area contributed by atoms with Crippen LogP contribution in [0.25, 0.3) is 0 Å². The number of esters is 1. The first-order chi connectivity index (χ1) is 11.0. The van der Waals surface area contributed by atoms with Gasteiger partial charge in [-0.25, -0.2) is 0 Å². The maximum atomic E-state index is 12.4. The van der Waals surface area contributed by atoms with Crippen LogP contribution in [0.4, 0.5) is 0 Å². The van der Waals surface area contributed by atoms with Gasteiger partial charge in [-0.15, -0.1) is 0 Å². The molecule has 126 valence electrons. The van der Waals surface area contributed by atoms with Gasteiger partial charge in [0.2, 0.25) is 0 Å². The van der Waals surface area contributed by atoms with Gasteiger partial charge in [0.15, 0.2) is 5.79 Å². The second kappa shape index (κ2) is 6.30. The Morgan fingerprint density at radius 1 is 1.39 bits per heavy atom. The van der Waals surface area contributed by atoms with E-state index in [-0.39, 0.29) is 17.8 Å². The fraction of sp³-hybridized carbons (Fsp3) is 0.588. The number of rotatable bonds is 3. The molecule has 0 amide bonds. The van der Waals surface area contributed by atoms with Crippen LogP contribution in [0.5, 0.6) is 5.75 Å². The molecule has 0 radical (unpaired) electrons. The van der Waals surface area contributed by atoms with Crippen LogP contribution in [0, 0.1) is 5.92 Å². The highest BCUT2D eigenvalue weighted by atomic mass is 35.5. The summed E-state index contributed by atoms with van der Waals surface area (Å²) in [5.41, 5.74) is 1.65. The zero-order chi connectivity index (χ0) is 16.6. The van der Waals surface area contributed by atoms with Crippen LogP contribution in [0.15, 0.2) is 12.1 Å². The topological polar surface area (TPSA) is 54.0 Å². The molecule has 1 spiro atoms. The summed E-state index contributed by atoms with van der Waals surface area (Å²) in [6.07, 6.45) is 0.400. The molecule has 0 aromatic heterocycles. The lowest BCUT2D eigenvalue weighted by molar-refractivity contribution is -0.194. The summed E-state index contributed by atoms with van der Waals surface area (Å²) in [5.74, 6) is -1.05. The number of fused-ring (bicyclic) bond motifs is 2. The summed E-state index contributed by atoms with van der Waals surface area (Å²) in [7, 11) is 1.61. The van der Waals surface area contributed by atoms with Crippen molar-refractivity contribution in [1.82, 2.24) is 0 Å². The SMILES string of the molecule is CCOC(=O)[C@@H]1CC2(OCCO2)c2c(OC)ccc(Cl)c2[C@H]1C. The summed E-state index contributed by atoms with van der Waals surface area (Å²) < 4.78 is 22.6. The highest BCUT2D eigenvalue weighted by molar-refractivity contribution is 6.31. The maximum absolute atomic E-state index is 12.4. The van der Waals surface area contributed by atoms with Gasteiger partial charge in [0.05, 0.1) is 38.4 Å². The molecule has 6 heteroatoms. The van der Waals surface area contributed by atoms with Gasteiger partial charge in [-0.3, -0.25) is 4.79 Å². The van der Waals surface area contributed by atoms with Crippen LogP contribution in [0.2, 0.25) is 5.02 Å². The second-order valence-corrected chi connectivity index (χ2v) is 6.25. The third-order valence-corrected chi connectivity index (χ3v) is 4.98. The molecule has 1 saturated heterocycles. The van der Waals surface area contributed by atoms with Gasteiger partial charge in [-0.1, -0.05) is 18.5 Å². The van der Waals surface area contributed by atoms with E-state index in [4.69, 9.17) is 30.5 Å². The summed E-state index contributed by atoms with van der Waals surface area (Å²) in [6, 6.07) is 3.59. The third kappa shape index (κ3) is 2.61. The summed E-state index contributed by atoms with van der Waals surface area (Å²) in [4.78, 5) is 12.4. The first-order valence-electron chi connectivity index (χ1n) is 7.85. The molecule has 0 saturated carbocycles. The van der Waals surface area contributed by atoms with E-state index in [1.54, 1.807) is 20.1 Å². The lowest BCUT2D eigenvalue weighted by atomic mass is 9.72. The van der Waals surface area contributed by atoms with Gasteiger partial charge in [0, 0.05) is 11.4 Å². The number of methoxy groups -OCH3 is 1.